The van der Waals surface area contributed by atoms with Gasteiger partial charge in [-0.05, 0) is 22.3 Å². The van der Waals surface area contributed by atoms with Gasteiger partial charge in [0.1, 0.15) is 0 Å². The molecule has 0 saturated carbocycles. The lowest BCUT2D eigenvalue weighted by Crippen LogP contribution is -2.29. The lowest BCUT2D eigenvalue weighted by Gasteiger charge is -2.14. The molecule has 3 heteroatoms. The Morgan fingerprint density at radius 3 is 1.94 bits per heavy atom. The van der Waals surface area contributed by atoms with Gasteiger partial charge in [0.25, 0.3) is 0 Å². The second-order valence-corrected chi connectivity index (χ2v) is 4.32. The number of amides is 1. The Morgan fingerprint density at radius 1 is 0.944 bits per heavy atom. The Hall–Kier alpha value is -2.13. The van der Waals surface area contributed by atoms with E-state index >= 15 is 0 Å². The lowest BCUT2D eigenvalue weighted by molar-refractivity contribution is -0.126. The predicted octanol–water partition coefficient (Wildman–Crippen LogP) is 2.30. The molecule has 0 aliphatic heterocycles. The van der Waals surface area contributed by atoms with Gasteiger partial charge in [0, 0.05) is 0 Å². The largest absolute Gasteiger partial charge is 0.343 e. The minimum absolute atomic E-state index is 0.196. The van der Waals surface area contributed by atoms with Crippen LogP contribution < -0.4 is 5.32 Å². The summed E-state index contributed by atoms with van der Waals surface area (Å²) in [6.45, 7) is -0.735. The normalized spacial score (nSPS) is 12.9. The van der Waals surface area contributed by atoms with Gasteiger partial charge >= 0.3 is 0 Å². The summed E-state index contributed by atoms with van der Waals surface area (Å²) < 4.78 is 0. The van der Waals surface area contributed by atoms with Gasteiger partial charge in [0.2, 0.25) is 5.91 Å². The van der Waals surface area contributed by atoms with E-state index < -0.39 is 12.5 Å². The monoisotopic (exact) mass is 238 g/mol. The van der Waals surface area contributed by atoms with Gasteiger partial charge in [-0.3, -0.25) is 4.79 Å². The topological polar surface area (TPSA) is 49.0 Å². The zero-order chi connectivity index (χ0) is 12.5. The minimum Gasteiger partial charge on any atom is -0.343 e. The van der Waals surface area contributed by atoms with E-state index in [4.69, 9.17) is 0 Å². The summed E-state index contributed by atoms with van der Waals surface area (Å²) in [6, 6.07) is 15.7. The van der Waals surface area contributed by atoms with Gasteiger partial charge in [-0.25, -0.2) is 5.11 Å². The molecule has 0 atom stereocenters. The van der Waals surface area contributed by atoms with Gasteiger partial charge in [0.05, 0.1) is 6.04 Å². The first kappa shape index (κ1) is 11.0. The molecule has 0 bridgehead atoms. The Morgan fingerprint density at radius 2 is 1.44 bits per heavy atom. The van der Waals surface area contributed by atoms with E-state index in [-0.39, 0.29) is 6.04 Å². The quantitative estimate of drug-likeness (QED) is 0.857. The van der Waals surface area contributed by atoms with Crippen LogP contribution in [0.4, 0.5) is 0 Å². The summed E-state index contributed by atoms with van der Waals surface area (Å²) in [5.41, 5.74) is 4.37. The lowest BCUT2D eigenvalue weighted by atomic mass is 10.1. The van der Waals surface area contributed by atoms with E-state index in [2.05, 4.69) is 5.32 Å². The molecule has 3 rings (SSSR count). The van der Waals surface area contributed by atoms with Crippen molar-refractivity contribution in [1.82, 2.24) is 5.32 Å². The van der Waals surface area contributed by atoms with Crippen molar-refractivity contribution in [1.29, 1.82) is 0 Å². The fraction of sp³-hybridized carbons (Fsp3) is 0.133. The van der Waals surface area contributed by atoms with Crippen LogP contribution in [0.25, 0.3) is 11.1 Å². The van der Waals surface area contributed by atoms with Crippen LogP contribution in [0.15, 0.2) is 48.5 Å². The minimum atomic E-state index is -0.735. The molecule has 0 fully saturated rings. The third-order valence-electron chi connectivity index (χ3n) is 3.27. The maximum Gasteiger partial charge on any atom is 0.250 e. The van der Waals surface area contributed by atoms with Gasteiger partial charge in [-0.2, -0.15) is 0 Å². The maximum absolute atomic E-state index is 11.4. The van der Waals surface area contributed by atoms with Crippen molar-refractivity contribution >= 4 is 5.91 Å². The second-order valence-electron chi connectivity index (χ2n) is 4.32. The smallest absolute Gasteiger partial charge is 0.250 e. The van der Waals surface area contributed by atoms with Crippen LogP contribution >= 0.6 is 0 Å². The van der Waals surface area contributed by atoms with Crippen LogP contribution in [0.5, 0.6) is 0 Å². The third kappa shape index (κ3) is 1.60. The number of hydrogen-bond acceptors (Lipinski definition) is 1. The molecular formula is C15H12NO2. The molecule has 2 aromatic carbocycles. The van der Waals surface area contributed by atoms with Crippen molar-refractivity contribution < 1.29 is 9.90 Å². The average molecular weight is 238 g/mol. The molecule has 0 aromatic heterocycles. The molecule has 1 radical (unpaired) electrons. The molecule has 18 heavy (non-hydrogen) atoms. The van der Waals surface area contributed by atoms with Gasteiger partial charge in [-0.15, -0.1) is 0 Å². The summed E-state index contributed by atoms with van der Waals surface area (Å²) in [4.78, 5) is 11.4. The molecule has 0 unspecified atom stereocenters. The van der Waals surface area contributed by atoms with Gasteiger partial charge in [0.15, 0.2) is 6.61 Å². The Labute approximate surface area is 105 Å². The Kier molecular flexibility index (Phi) is 2.61. The van der Waals surface area contributed by atoms with E-state index in [1.807, 2.05) is 48.5 Å². The average Bonchev–Trinajstić information content (AvgIpc) is 2.74. The first-order valence-corrected chi connectivity index (χ1v) is 5.87. The first-order valence-electron chi connectivity index (χ1n) is 5.87. The van der Waals surface area contributed by atoms with Crippen molar-refractivity contribution in [3.05, 3.63) is 59.7 Å². The van der Waals surface area contributed by atoms with Crippen LogP contribution in [-0.4, -0.2) is 12.5 Å². The van der Waals surface area contributed by atoms with E-state index in [0.29, 0.717) is 0 Å². The predicted molar refractivity (Wildman–Crippen MR) is 67.4 cm³/mol. The molecule has 1 amide bonds. The summed E-state index contributed by atoms with van der Waals surface area (Å²) in [6.07, 6.45) is 0. The van der Waals surface area contributed by atoms with E-state index in [9.17, 15) is 9.90 Å². The second kappa shape index (κ2) is 4.27. The highest BCUT2D eigenvalue weighted by molar-refractivity contribution is 5.83. The van der Waals surface area contributed by atoms with Gasteiger partial charge < -0.3 is 5.32 Å². The summed E-state index contributed by atoms with van der Waals surface area (Å²) in [5.74, 6) is -0.466. The molecule has 1 N–H and O–H groups in total. The van der Waals surface area contributed by atoms with E-state index in [0.717, 1.165) is 22.3 Å². The third-order valence-corrected chi connectivity index (χ3v) is 3.27. The molecule has 0 saturated heterocycles. The number of hydrogen-bond donors (Lipinski definition) is 1. The van der Waals surface area contributed by atoms with Crippen LogP contribution in [0.2, 0.25) is 0 Å². The summed E-state index contributed by atoms with van der Waals surface area (Å²) >= 11 is 0. The zero-order valence-corrected chi connectivity index (χ0v) is 9.72. The Bertz CT molecular complexity index is 561. The molecule has 2 aromatic rings. The molecule has 89 valence electrons. The van der Waals surface area contributed by atoms with Crippen molar-refractivity contribution in [2.24, 2.45) is 0 Å². The first-order chi connectivity index (χ1) is 8.81. The zero-order valence-electron chi connectivity index (χ0n) is 9.72. The van der Waals surface area contributed by atoms with Crippen LogP contribution in [0.1, 0.15) is 17.2 Å². The SMILES string of the molecule is [O]CC(=O)NC1c2ccccc2-c2ccccc21. The molecule has 3 nitrogen and oxygen atoms in total. The van der Waals surface area contributed by atoms with Crippen molar-refractivity contribution in [2.45, 2.75) is 6.04 Å². The highest BCUT2D eigenvalue weighted by Crippen LogP contribution is 2.42. The van der Waals surface area contributed by atoms with E-state index in [1.165, 1.54) is 0 Å². The highest BCUT2D eigenvalue weighted by atomic mass is 16.3. The summed E-state index contributed by atoms with van der Waals surface area (Å²) in [5, 5.41) is 13.4. The van der Waals surface area contributed by atoms with Crippen LogP contribution in [-0.2, 0) is 9.90 Å². The standard InChI is InChI=1S/C15H12NO2/c17-9-14(18)16-15-12-7-3-1-5-10(12)11-6-2-4-8-13(11)15/h1-8,15H,9H2,(H,16,18). The highest BCUT2D eigenvalue weighted by Gasteiger charge is 2.28. The van der Waals surface area contributed by atoms with Crippen LogP contribution in [0.3, 0.4) is 0 Å². The van der Waals surface area contributed by atoms with Crippen molar-refractivity contribution in [2.75, 3.05) is 6.61 Å². The van der Waals surface area contributed by atoms with Crippen LogP contribution in [0, 0.1) is 0 Å². The molecule has 0 heterocycles. The van der Waals surface area contributed by atoms with Gasteiger partial charge in [-0.1, -0.05) is 48.5 Å². The number of benzene rings is 2. The number of carbonyl (C=O) groups excluding carboxylic acids is 1. The molecule has 1 aliphatic carbocycles. The fourth-order valence-electron chi connectivity index (χ4n) is 2.51. The van der Waals surface area contributed by atoms with Crippen molar-refractivity contribution in [3.8, 4) is 11.1 Å². The van der Waals surface area contributed by atoms with E-state index in [1.54, 1.807) is 0 Å². The van der Waals surface area contributed by atoms with Crippen molar-refractivity contribution in [3.63, 3.8) is 0 Å². The Balaban J connectivity index is 2.12. The number of nitrogens with one attached hydrogen (secondary N) is 1. The summed E-state index contributed by atoms with van der Waals surface area (Å²) in [7, 11) is 0. The number of rotatable bonds is 2. The number of fused-ring (bicyclic) bond motifs is 3. The molecule has 1 aliphatic rings. The molecule has 0 spiro atoms. The number of carbonyl (C=O) groups is 1. The fourth-order valence-corrected chi connectivity index (χ4v) is 2.51. The molecular weight excluding hydrogens is 226 g/mol. The maximum atomic E-state index is 11.4.